The number of rotatable bonds is 9. The molecule has 0 aliphatic carbocycles. The van der Waals surface area contributed by atoms with Crippen molar-refractivity contribution in [2.45, 2.75) is 0 Å². The summed E-state index contributed by atoms with van der Waals surface area (Å²) in [7, 11) is 0. The Labute approximate surface area is 304 Å². The summed E-state index contributed by atoms with van der Waals surface area (Å²) in [5.41, 5.74) is 11.6. The molecular formula is C48H30N4. The van der Waals surface area contributed by atoms with Gasteiger partial charge in [-0.2, -0.15) is 21.0 Å². The summed E-state index contributed by atoms with van der Waals surface area (Å²) in [6, 6.07) is 65.0. The van der Waals surface area contributed by atoms with Crippen molar-refractivity contribution in [2.75, 3.05) is 0 Å². The van der Waals surface area contributed by atoms with E-state index in [-0.39, 0.29) is 11.1 Å². The van der Waals surface area contributed by atoms with Crippen molar-refractivity contribution >= 4 is 34.4 Å². The second-order valence-electron chi connectivity index (χ2n) is 11.8. The van der Waals surface area contributed by atoms with E-state index in [0.29, 0.717) is 0 Å². The number of benzene rings is 6. The molecule has 4 nitrogen and oxygen atoms in total. The predicted octanol–water partition coefficient (Wildman–Crippen LogP) is 11.2. The first-order chi connectivity index (χ1) is 25.6. The minimum Gasteiger partial charge on any atom is -0.192 e. The molecule has 0 fully saturated rings. The van der Waals surface area contributed by atoms with E-state index in [1.165, 1.54) is 0 Å². The molecule has 0 spiro atoms. The molecule has 6 rings (SSSR count). The van der Waals surface area contributed by atoms with Gasteiger partial charge in [-0.1, -0.05) is 170 Å². The van der Waals surface area contributed by atoms with Gasteiger partial charge in [0.05, 0.1) is 0 Å². The van der Waals surface area contributed by atoms with Gasteiger partial charge in [0, 0.05) is 0 Å². The van der Waals surface area contributed by atoms with Gasteiger partial charge in [-0.3, -0.25) is 0 Å². The van der Waals surface area contributed by atoms with Crippen LogP contribution < -0.4 is 0 Å². The predicted molar refractivity (Wildman–Crippen MR) is 209 cm³/mol. The Balaban J connectivity index is 1.78. The van der Waals surface area contributed by atoms with Crippen molar-refractivity contribution in [2.24, 2.45) is 0 Å². The zero-order valence-electron chi connectivity index (χ0n) is 28.1. The van der Waals surface area contributed by atoms with Gasteiger partial charge in [0.2, 0.25) is 0 Å². The lowest BCUT2D eigenvalue weighted by Gasteiger charge is -2.25. The Kier molecular flexibility index (Phi) is 10.9. The van der Waals surface area contributed by atoms with Crippen LogP contribution in [0, 0.1) is 45.3 Å². The van der Waals surface area contributed by atoms with Crippen LogP contribution in [0.25, 0.3) is 34.4 Å². The van der Waals surface area contributed by atoms with E-state index >= 15 is 0 Å². The van der Waals surface area contributed by atoms with Gasteiger partial charge in [-0.05, 0) is 79.0 Å². The number of nitriles is 4. The lowest BCUT2D eigenvalue weighted by molar-refractivity contribution is 1.46. The van der Waals surface area contributed by atoms with Crippen molar-refractivity contribution in [3.8, 4) is 24.3 Å². The molecule has 0 aromatic heterocycles. The first kappa shape index (κ1) is 34.1. The first-order valence-electron chi connectivity index (χ1n) is 16.6. The summed E-state index contributed by atoms with van der Waals surface area (Å²) >= 11 is 0. The molecule has 0 heterocycles. The minimum absolute atomic E-state index is 0.0383. The van der Waals surface area contributed by atoms with Crippen LogP contribution in [-0.4, -0.2) is 0 Å². The van der Waals surface area contributed by atoms with E-state index in [4.69, 9.17) is 0 Å². The highest BCUT2D eigenvalue weighted by atomic mass is 14.3. The Morgan fingerprint density at radius 2 is 0.558 bits per heavy atom. The van der Waals surface area contributed by atoms with Crippen LogP contribution >= 0.6 is 0 Å². The number of hydrogen-bond donors (Lipinski definition) is 0. The fourth-order valence-electron chi connectivity index (χ4n) is 6.16. The molecule has 0 amide bonds. The molecule has 0 saturated carbocycles. The summed E-state index contributed by atoms with van der Waals surface area (Å²) in [5, 5.41) is 37.5. The van der Waals surface area contributed by atoms with Crippen LogP contribution in [0.4, 0.5) is 0 Å². The van der Waals surface area contributed by atoms with Gasteiger partial charge in [0.1, 0.15) is 35.4 Å². The maximum atomic E-state index is 9.38. The van der Waals surface area contributed by atoms with Crippen LogP contribution in [0.15, 0.2) is 181 Å². The Morgan fingerprint density at radius 3 is 0.827 bits per heavy atom. The summed E-state index contributed by atoms with van der Waals surface area (Å²) in [6.07, 6.45) is 3.18. The molecule has 242 valence electrons. The van der Waals surface area contributed by atoms with E-state index in [0.717, 1.165) is 66.8 Å². The van der Waals surface area contributed by atoms with Crippen LogP contribution in [-0.2, 0) is 0 Å². The monoisotopic (exact) mass is 662 g/mol. The van der Waals surface area contributed by atoms with Crippen LogP contribution in [0.1, 0.15) is 44.5 Å². The number of allylic oxidation sites excluding steroid dienone is 4. The van der Waals surface area contributed by atoms with Gasteiger partial charge in [-0.15, -0.1) is 0 Å². The minimum atomic E-state index is 0.0383. The molecule has 0 saturated heterocycles. The topological polar surface area (TPSA) is 95.2 Å². The van der Waals surface area contributed by atoms with E-state index in [1.807, 2.05) is 146 Å². The largest absolute Gasteiger partial charge is 0.192 e. The molecule has 0 N–H and O–H groups in total. The molecule has 0 aliphatic heterocycles. The quantitative estimate of drug-likeness (QED) is 0.0874. The highest BCUT2D eigenvalue weighted by Gasteiger charge is 2.24. The SMILES string of the molecule is N#CC(C#N)=Cc1ccc(/C(=C(\C(=C(\c2ccccc2)c2ccc(C=C(C#N)C#N)cc2)c2ccccc2)c2ccccc2)c2ccccc2)cc1. The highest BCUT2D eigenvalue weighted by Crippen LogP contribution is 2.46. The van der Waals surface area contributed by atoms with Gasteiger partial charge in [-0.25, -0.2) is 0 Å². The molecule has 0 unspecified atom stereocenters. The molecule has 6 aromatic carbocycles. The fourth-order valence-corrected chi connectivity index (χ4v) is 6.16. The standard InChI is InChI=1S/C48H30N4/c49-31-37(32-50)29-35-21-25-43(26-22-35)45(39-13-5-1-6-14-39)47(41-17-9-3-10-18-41)48(42-19-11-4-12-20-42)46(40-15-7-2-8-16-40)44-27-23-36(24-28-44)30-38(33-51)34-52/h1-30H/b47-45-,48-46-. The number of nitrogens with zero attached hydrogens (tertiary/aromatic N) is 4. The zero-order chi connectivity index (χ0) is 36.1. The second-order valence-corrected chi connectivity index (χ2v) is 11.8. The summed E-state index contributed by atoms with van der Waals surface area (Å²) in [6.45, 7) is 0. The third-order valence-electron chi connectivity index (χ3n) is 8.50. The smallest absolute Gasteiger partial charge is 0.130 e. The molecule has 0 atom stereocenters. The molecule has 0 aliphatic rings. The average molecular weight is 663 g/mol. The van der Waals surface area contributed by atoms with Gasteiger partial charge in [0.25, 0.3) is 0 Å². The van der Waals surface area contributed by atoms with Gasteiger partial charge >= 0.3 is 0 Å². The van der Waals surface area contributed by atoms with Crippen LogP contribution in [0.3, 0.4) is 0 Å². The molecule has 6 aromatic rings. The van der Waals surface area contributed by atoms with E-state index < -0.39 is 0 Å². The van der Waals surface area contributed by atoms with Gasteiger partial charge in [0.15, 0.2) is 0 Å². The molecule has 0 radical (unpaired) electrons. The highest BCUT2D eigenvalue weighted by molar-refractivity contribution is 6.25. The third kappa shape index (κ3) is 7.76. The van der Waals surface area contributed by atoms with E-state index in [9.17, 15) is 21.0 Å². The average Bonchev–Trinajstić information content (AvgIpc) is 3.22. The normalized spacial score (nSPS) is 11.2. The Hall–Kier alpha value is -7.76. The van der Waals surface area contributed by atoms with Crippen molar-refractivity contribution in [3.05, 3.63) is 226 Å². The molecule has 4 heteroatoms. The van der Waals surface area contributed by atoms with Crippen LogP contribution in [0.2, 0.25) is 0 Å². The van der Waals surface area contributed by atoms with Crippen molar-refractivity contribution in [1.82, 2.24) is 0 Å². The van der Waals surface area contributed by atoms with E-state index in [1.54, 1.807) is 12.2 Å². The second kappa shape index (κ2) is 16.6. The maximum absolute atomic E-state index is 9.38. The summed E-state index contributed by atoms with van der Waals surface area (Å²) in [4.78, 5) is 0. The lowest BCUT2D eigenvalue weighted by atomic mass is 9.78. The lowest BCUT2D eigenvalue weighted by Crippen LogP contribution is -2.03. The molecule has 0 bridgehead atoms. The van der Waals surface area contributed by atoms with Gasteiger partial charge < -0.3 is 0 Å². The first-order valence-corrected chi connectivity index (χ1v) is 16.6. The maximum Gasteiger partial charge on any atom is 0.130 e. The third-order valence-corrected chi connectivity index (χ3v) is 8.50. The number of hydrogen-bond acceptors (Lipinski definition) is 4. The fraction of sp³-hybridized carbons (Fsp3) is 0. The molecule has 52 heavy (non-hydrogen) atoms. The summed E-state index contributed by atoms with van der Waals surface area (Å²) in [5.74, 6) is 0. The van der Waals surface area contributed by atoms with Crippen LogP contribution in [0.5, 0.6) is 0 Å². The van der Waals surface area contributed by atoms with Crippen molar-refractivity contribution in [3.63, 3.8) is 0 Å². The zero-order valence-corrected chi connectivity index (χ0v) is 28.1. The molecular weight excluding hydrogens is 633 g/mol. The van der Waals surface area contributed by atoms with E-state index in [2.05, 4.69) is 48.5 Å². The van der Waals surface area contributed by atoms with Crippen molar-refractivity contribution in [1.29, 1.82) is 21.0 Å². The summed E-state index contributed by atoms with van der Waals surface area (Å²) < 4.78 is 0. The Morgan fingerprint density at radius 1 is 0.308 bits per heavy atom. The Bertz CT molecular complexity index is 2270. The van der Waals surface area contributed by atoms with Crippen molar-refractivity contribution < 1.29 is 0 Å².